The van der Waals surface area contributed by atoms with Crippen LogP contribution in [0.5, 0.6) is 0 Å². The number of nitrogens with zero attached hydrogens (tertiary/aromatic N) is 2. The summed E-state index contributed by atoms with van der Waals surface area (Å²) in [5.41, 5.74) is 0.373. The van der Waals surface area contributed by atoms with Gasteiger partial charge >= 0.3 is 5.97 Å². The van der Waals surface area contributed by atoms with Crippen molar-refractivity contribution < 1.29 is 14.3 Å². The first kappa shape index (κ1) is 13.5. The van der Waals surface area contributed by atoms with Crippen LogP contribution in [0.2, 0.25) is 0 Å². The zero-order valence-corrected chi connectivity index (χ0v) is 12.3. The molecule has 1 aliphatic carbocycles. The molecule has 2 heterocycles. The minimum Gasteiger partial charge on any atom is -0.461 e. The standard InChI is InChI=1S/C14H18N2O3S/c1-2-19-14(18)12-15-11(8-20-12)13(17)16-6-9-4-3-5-10(9)7-16/h8-10H,2-7H2,1H3. The molecule has 2 atom stereocenters. The maximum Gasteiger partial charge on any atom is 0.367 e. The number of amides is 1. The second-order valence-electron chi connectivity index (χ2n) is 5.42. The van der Waals surface area contributed by atoms with Crippen molar-refractivity contribution in [2.24, 2.45) is 11.8 Å². The molecule has 1 aromatic heterocycles. The third-order valence-electron chi connectivity index (χ3n) is 4.19. The van der Waals surface area contributed by atoms with Crippen molar-refractivity contribution in [3.8, 4) is 0 Å². The van der Waals surface area contributed by atoms with E-state index in [1.165, 1.54) is 30.6 Å². The lowest BCUT2D eigenvalue weighted by molar-refractivity contribution is 0.0526. The molecule has 5 nitrogen and oxygen atoms in total. The number of hydrogen-bond donors (Lipinski definition) is 0. The molecule has 0 aromatic carbocycles. The van der Waals surface area contributed by atoms with E-state index >= 15 is 0 Å². The maximum absolute atomic E-state index is 12.4. The van der Waals surface area contributed by atoms with Crippen molar-refractivity contribution >= 4 is 23.2 Å². The second kappa shape index (κ2) is 5.52. The van der Waals surface area contributed by atoms with Crippen molar-refractivity contribution in [2.75, 3.05) is 19.7 Å². The van der Waals surface area contributed by atoms with Crippen LogP contribution in [0.25, 0.3) is 0 Å². The van der Waals surface area contributed by atoms with Gasteiger partial charge in [0.25, 0.3) is 5.91 Å². The average Bonchev–Trinajstić information content (AvgIpc) is 3.13. The Kier molecular flexibility index (Phi) is 3.74. The van der Waals surface area contributed by atoms with Gasteiger partial charge in [-0.25, -0.2) is 9.78 Å². The van der Waals surface area contributed by atoms with Crippen LogP contribution in [0.3, 0.4) is 0 Å². The van der Waals surface area contributed by atoms with E-state index in [0.717, 1.165) is 13.1 Å². The van der Waals surface area contributed by atoms with Crippen LogP contribution in [-0.2, 0) is 4.74 Å². The van der Waals surface area contributed by atoms with Crippen LogP contribution in [-0.4, -0.2) is 41.5 Å². The maximum atomic E-state index is 12.4. The molecule has 108 valence electrons. The normalized spacial score (nSPS) is 24.8. The van der Waals surface area contributed by atoms with E-state index in [4.69, 9.17) is 4.74 Å². The topological polar surface area (TPSA) is 59.5 Å². The third-order valence-corrected chi connectivity index (χ3v) is 5.01. The predicted octanol–water partition coefficient (Wildman–Crippen LogP) is 2.19. The van der Waals surface area contributed by atoms with Crippen molar-refractivity contribution in [1.82, 2.24) is 9.88 Å². The van der Waals surface area contributed by atoms with E-state index in [0.29, 0.717) is 24.1 Å². The fraction of sp³-hybridized carbons (Fsp3) is 0.643. The molecule has 1 aromatic rings. The molecular formula is C14H18N2O3S. The van der Waals surface area contributed by atoms with Gasteiger partial charge in [-0.2, -0.15) is 0 Å². The number of fused-ring (bicyclic) bond motifs is 1. The lowest BCUT2D eigenvalue weighted by Crippen LogP contribution is -2.29. The SMILES string of the molecule is CCOC(=O)c1nc(C(=O)N2CC3CCCC3C2)cs1. The van der Waals surface area contributed by atoms with E-state index in [-0.39, 0.29) is 10.9 Å². The molecule has 0 radical (unpaired) electrons. The molecule has 1 saturated heterocycles. The predicted molar refractivity (Wildman–Crippen MR) is 74.8 cm³/mol. The molecule has 1 aliphatic heterocycles. The number of thiazole rings is 1. The number of carbonyl (C=O) groups excluding carboxylic acids is 2. The molecule has 0 spiro atoms. The van der Waals surface area contributed by atoms with E-state index in [1.54, 1.807) is 12.3 Å². The minimum atomic E-state index is -0.449. The van der Waals surface area contributed by atoms with E-state index in [9.17, 15) is 9.59 Å². The van der Waals surface area contributed by atoms with Crippen molar-refractivity contribution in [2.45, 2.75) is 26.2 Å². The zero-order valence-electron chi connectivity index (χ0n) is 11.5. The quantitative estimate of drug-likeness (QED) is 0.802. The van der Waals surface area contributed by atoms with Gasteiger partial charge in [0, 0.05) is 18.5 Å². The van der Waals surface area contributed by atoms with Crippen LogP contribution in [0.15, 0.2) is 5.38 Å². The summed E-state index contributed by atoms with van der Waals surface area (Å²) in [5, 5.41) is 1.91. The molecule has 1 saturated carbocycles. The fourth-order valence-corrected chi connectivity index (χ4v) is 3.90. The number of aromatic nitrogens is 1. The Morgan fingerprint density at radius 3 is 2.75 bits per heavy atom. The van der Waals surface area contributed by atoms with E-state index in [2.05, 4.69) is 4.98 Å². The summed E-state index contributed by atoms with van der Waals surface area (Å²) in [6.45, 7) is 3.75. The van der Waals surface area contributed by atoms with Crippen LogP contribution < -0.4 is 0 Å². The lowest BCUT2D eigenvalue weighted by Gasteiger charge is -2.15. The van der Waals surface area contributed by atoms with E-state index in [1.807, 2.05) is 4.90 Å². The van der Waals surface area contributed by atoms with Crippen LogP contribution in [0.1, 0.15) is 46.5 Å². The largest absolute Gasteiger partial charge is 0.461 e. The van der Waals surface area contributed by atoms with E-state index < -0.39 is 5.97 Å². The average molecular weight is 294 g/mol. The summed E-state index contributed by atoms with van der Waals surface area (Å²) in [7, 11) is 0. The lowest BCUT2D eigenvalue weighted by atomic mass is 10.0. The summed E-state index contributed by atoms with van der Waals surface area (Å²) >= 11 is 1.17. The van der Waals surface area contributed by atoms with Gasteiger partial charge in [0.1, 0.15) is 5.69 Å². The summed E-state index contributed by atoms with van der Waals surface area (Å²) in [4.78, 5) is 30.0. The zero-order chi connectivity index (χ0) is 14.1. The Morgan fingerprint density at radius 2 is 2.10 bits per heavy atom. The van der Waals surface area contributed by atoms with Gasteiger partial charge in [-0.3, -0.25) is 4.79 Å². The van der Waals surface area contributed by atoms with Gasteiger partial charge in [-0.15, -0.1) is 11.3 Å². The molecule has 0 N–H and O–H groups in total. The molecule has 3 rings (SSSR count). The second-order valence-corrected chi connectivity index (χ2v) is 6.28. The number of carbonyl (C=O) groups is 2. The molecule has 0 bridgehead atoms. The van der Waals surface area contributed by atoms with Gasteiger partial charge in [0.2, 0.25) is 5.01 Å². The highest BCUT2D eigenvalue weighted by molar-refractivity contribution is 7.11. The third kappa shape index (κ3) is 2.44. The smallest absolute Gasteiger partial charge is 0.367 e. The van der Waals surface area contributed by atoms with Crippen LogP contribution in [0.4, 0.5) is 0 Å². The number of ether oxygens (including phenoxy) is 1. The first-order valence-corrected chi connectivity index (χ1v) is 7.99. The molecule has 2 unspecified atom stereocenters. The molecule has 1 amide bonds. The molecular weight excluding hydrogens is 276 g/mol. The van der Waals surface area contributed by atoms with Gasteiger partial charge in [0.05, 0.1) is 6.61 Å². The number of likely N-dealkylation sites (tertiary alicyclic amines) is 1. The Hall–Kier alpha value is -1.43. The first-order chi connectivity index (χ1) is 9.69. The molecule has 2 aliphatic rings. The van der Waals surface area contributed by atoms with Crippen molar-refractivity contribution in [1.29, 1.82) is 0 Å². The number of rotatable bonds is 3. The Morgan fingerprint density at radius 1 is 1.40 bits per heavy atom. The molecule has 6 heteroatoms. The Labute approximate surface area is 121 Å². The molecule has 20 heavy (non-hydrogen) atoms. The summed E-state index contributed by atoms with van der Waals surface area (Å²) < 4.78 is 4.89. The highest BCUT2D eigenvalue weighted by Crippen LogP contribution is 2.38. The first-order valence-electron chi connectivity index (χ1n) is 7.11. The minimum absolute atomic E-state index is 0.0498. The highest BCUT2D eigenvalue weighted by atomic mass is 32.1. The summed E-state index contributed by atoms with van der Waals surface area (Å²) in [6.07, 6.45) is 3.76. The van der Waals surface area contributed by atoms with Crippen LogP contribution in [0, 0.1) is 11.8 Å². The Balaban J connectivity index is 1.67. The number of esters is 1. The summed E-state index contributed by atoms with van der Waals surface area (Å²) in [5.74, 6) is 0.838. The number of hydrogen-bond acceptors (Lipinski definition) is 5. The van der Waals surface area contributed by atoms with Gasteiger partial charge in [0.15, 0.2) is 0 Å². The monoisotopic (exact) mass is 294 g/mol. The van der Waals surface area contributed by atoms with Gasteiger partial charge < -0.3 is 9.64 Å². The van der Waals surface area contributed by atoms with Crippen molar-refractivity contribution in [3.05, 3.63) is 16.1 Å². The van der Waals surface area contributed by atoms with Gasteiger partial charge in [-0.1, -0.05) is 6.42 Å². The fourth-order valence-electron chi connectivity index (χ4n) is 3.22. The summed E-state index contributed by atoms with van der Waals surface area (Å²) in [6, 6.07) is 0. The molecule has 2 fully saturated rings. The Bertz CT molecular complexity index is 516. The van der Waals surface area contributed by atoms with Crippen molar-refractivity contribution in [3.63, 3.8) is 0 Å². The van der Waals surface area contributed by atoms with Crippen LogP contribution >= 0.6 is 11.3 Å². The highest BCUT2D eigenvalue weighted by Gasteiger charge is 2.38. The van der Waals surface area contributed by atoms with Gasteiger partial charge in [-0.05, 0) is 31.6 Å².